The number of anilines is 2. The maximum atomic E-state index is 12.1. The lowest BCUT2D eigenvalue weighted by molar-refractivity contribution is -0.117. The van der Waals surface area contributed by atoms with Gasteiger partial charge in [0.2, 0.25) is 11.8 Å². The number of hydrogen-bond acceptors (Lipinski definition) is 4. The minimum Gasteiger partial charge on any atom is -0.311 e. The predicted molar refractivity (Wildman–Crippen MR) is 91.7 cm³/mol. The number of thioether (sulfide) groups is 1. The molecular weight excluding hydrogens is 310 g/mol. The number of amides is 2. The van der Waals surface area contributed by atoms with Crippen molar-refractivity contribution in [3.05, 3.63) is 48.2 Å². The summed E-state index contributed by atoms with van der Waals surface area (Å²) in [5, 5.41) is 2.75. The second-order valence-corrected chi connectivity index (χ2v) is 6.34. The van der Waals surface area contributed by atoms with E-state index in [2.05, 4.69) is 10.3 Å². The van der Waals surface area contributed by atoms with E-state index in [9.17, 15) is 9.59 Å². The number of carbonyl (C=O) groups is 2. The van der Waals surface area contributed by atoms with E-state index in [1.165, 1.54) is 11.8 Å². The molecule has 1 N–H and O–H groups in total. The maximum absolute atomic E-state index is 12.1. The monoisotopic (exact) mass is 327 g/mol. The van der Waals surface area contributed by atoms with Gasteiger partial charge in [-0.1, -0.05) is 18.2 Å². The van der Waals surface area contributed by atoms with Crippen molar-refractivity contribution in [2.24, 2.45) is 0 Å². The average Bonchev–Trinajstić information content (AvgIpc) is 2.56. The summed E-state index contributed by atoms with van der Waals surface area (Å²) in [6.07, 6.45) is 1.94. The molecule has 118 valence electrons. The second kappa shape index (κ2) is 6.83. The van der Waals surface area contributed by atoms with Crippen LogP contribution in [0.2, 0.25) is 0 Å². The normalized spacial score (nSPS) is 13.6. The Hall–Kier alpha value is -2.34. The quantitative estimate of drug-likeness (QED) is 0.938. The lowest BCUT2D eigenvalue weighted by atomic mass is 10.2. The van der Waals surface area contributed by atoms with Crippen LogP contribution in [0, 0.1) is 6.92 Å². The number of rotatable bonds is 4. The van der Waals surface area contributed by atoms with Gasteiger partial charge in [0.1, 0.15) is 5.82 Å². The predicted octanol–water partition coefficient (Wildman–Crippen LogP) is 2.86. The topological polar surface area (TPSA) is 62.3 Å². The summed E-state index contributed by atoms with van der Waals surface area (Å²) in [5.74, 6) is 0.833. The molecule has 0 unspecified atom stereocenters. The smallest absolute Gasteiger partial charge is 0.237 e. The Morgan fingerprint density at radius 1 is 1.30 bits per heavy atom. The molecular formula is C17H17N3O2S. The number of aryl methyl sites for hydroxylation is 1. The molecule has 2 heterocycles. The molecule has 0 saturated heterocycles. The molecule has 3 rings (SSSR count). The largest absolute Gasteiger partial charge is 0.311 e. The van der Waals surface area contributed by atoms with Crippen LogP contribution in [0.5, 0.6) is 0 Å². The average molecular weight is 327 g/mol. The molecule has 0 bridgehead atoms. The highest BCUT2D eigenvalue weighted by Gasteiger charge is 2.24. The lowest BCUT2D eigenvalue weighted by Gasteiger charge is -2.28. The number of fused-ring (bicyclic) bond motifs is 1. The van der Waals surface area contributed by atoms with Gasteiger partial charge < -0.3 is 10.2 Å². The highest BCUT2D eigenvalue weighted by atomic mass is 32.2. The number of aromatic nitrogens is 1. The Kier molecular flexibility index (Phi) is 4.62. The van der Waals surface area contributed by atoms with E-state index in [-0.39, 0.29) is 18.2 Å². The summed E-state index contributed by atoms with van der Waals surface area (Å²) in [6, 6.07) is 11.4. The zero-order valence-corrected chi connectivity index (χ0v) is 13.6. The van der Waals surface area contributed by atoms with Gasteiger partial charge in [-0.15, -0.1) is 11.8 Å². The van der Waals surface area contributed by atoms with Crippen LogP contribution in [-0.2, 0) is 9.59 Å². The number of pyridine rings is 1. The molecule has 23 heavy (non-hydrogen) atoms. The van der Waals surface area contributed by atoms with Crippen LogP contribution in [0.4, 0.5) is 11.5 Å². The Bertz CT molecular complexity index is 731. The van der Waals surface area contributed by atoms with Crippen molar-refractivity contribution < 1.29 is 9.59 Å². The van der Waals surface area contributed by atoms with E-state index >= 15 is 0 Å². The maximum Gasteiger partial charge on any atom is 0.237 e. The molecule has 1 aliphatic rings. The lowest BCUT2D eigenvalue weighted by Crippen LogP contribution is -2.37. The van der Waals surface area contributed by atoms with Gasteiger partial charge in [0.25, 0.3) is 0 Å². The standard InChI is InChI=1S/C17H17N3O2S/c1-12-6-7-15(18-10-12)19-16(21)8-9-20-13-4-2-3-5-14(13)23-11-17(20)22/h2-7,10H,8-9,11H2,1H3,(H,18,19,21). The third-order valence-electron chi connectivity index (χ3n) is 3.55. The van der Waals surface area contributed by atoms with Crippen LogP contribution in [0.25, 0.3) is 0 Å². The number of carbonyl (C=O) groups excluding carboxylic acids is 2. The van der Waals surface area contributed by atoms with Gasteiger partial charge in [-0.2, -0.15) is 0 Å². The van der Waals surface area contributed by atoms with Crippen molar-refractivity contribution >= 4 is 35.1 Å². The first-order valence-electron chi connectivity index (χ1n) is 7.38. The van der Waals surface area contributed by atoms with E-state index in [0.717, 1.165) is 16.1 Å². The van der Waals surface area contributed by atoms with Crippen LogP contribution in [0.15, 0.2) is 47.5 Å². The summed E-state index contributed by atoms with van der Waals surface area (Å²) in [5.41, 5.74) is 1.92. The van der Waals surface area contributed by atoms with Crippen LogP contribution in [-0.4, -0.2) is 29.1 Å². The first kappa shape index (κ1) is 15.6. The van der Waals surface area contributed by atoms with Crippen molar-refractivity contribution in [3.8, 4) is 0 Å². The second-order valence-electron chi connectivity index (χ2n) is 5.32. The van der Waals surface area contributed by atoms with Gasteiger partial charge in [-0.05, 0) is 30.7 Å². The van der Waals surface area contributed by atoms with Crippen LogP contribution in [0.1, 0.15) is 12.0 Å². The van der Waals surface area contributed by atoms with E-state index in [4.69, 9.17) is 0 Å². The zero-order chi connectivity index (χ0) is 16.2. The number of para-hydroxylation sites is 1. The van der Waals surface area contributed by atoms with Crippen molar-refractivity contribution in [1.82, 2.24) is 4.98 Å². The Balaban J connectivity index is 1.62. The molecule has 2 amide bonds. The minimum atomic E-state index is -0.148. The van der Waals surface area contributed by atoms with Crippen molar-refractivity contribution in [1.29, 1.82) is 0 Å². The van der Waals surface area contributed by atoms with Gasteiger partial charge >= 0.3 is 0 Å². The fourth-order valence-corrected chi connectivity index (χ4v) is 3.30. The summed E-state index contributed by atoms with van der Waals surface area (Å²) in [6.45, 7) is 2.31. The Morgan fingerprint density at radius 2 is 2.13 bits per heavy atom. The highest BCUT2D eigenvalue weighted by Crippen LogP contribution is 2.34. The summed E-state index contributed by atoms with van der Waals surface area (Å²) >= 11 is 1.54. The van der Waals surface area contributed by atoms with Gasteiger partial charge in [0.05, 0.1) is 11.4 Å². The molecule has 0 saturated carbocycles. The number of nitrogens with zero attached hydrogens (tertiary/aromatic N) is 2. The first-order valence-corrected chi connectivity index (χ1v) is 8.37. The van der Waals surface area contributed by atoms with E-state index < -0.39 is 0 Å². The summed E-state index contributed by atoms with van der Waals surface area (Å²) < 4.78 is 0. The van der Waals surface area contributed by atoms with Crippen molar-refractivity contribution in [2.75, 3.05) is 22.5 Å². The van der Waals surface area contributed by atoms with E-state index in [0.29, 0.717) is 18.1 Å². The van der Waals surface area contributed by atoms with Crippen molar-refractivity contribution in [2.45, 2.75) is 18.2 Å². The van der Waals surface area contributed by atoms with E-state index in [1.807, 2.05) is 37.3 Å². The van der Waals surface area contributed by atoms with Crippen LogP contribution >= 0.6 is 11.8 Å². The molecule has 0 fully saturated rings. The zero-order valence-electron chi connectivity index (χ0n) is 12.8. The van der Waals surface area contributed by atoms with Gasteiger partial charge in [-0.3, -0.25) is 9.59 Å². The van der Waals surface area contributed by atoms with Gasteiger partial charge in [0, 0.05) is 24.1 Å². The number of nitrogens with one attached hydrogen (secondary N) is 1. The first-order chi connectivity index (χ1) is 11.1. The van der Waals surface area contributed by atoms with Crippen molar-refractivity contribution in [3.63, 3.8) is 0 Å². The molecule has 0 radical (unpaired) electrons. The van der Waals surface area contributed by atoms with Crippen LogP contribution < -0.4 is 10.2 Å². The third kappa shape index (κ3) is 3.71. The molecule has 5 nitrogen and oxygen atoms in total. The number of hydrogen-bond donors (Lipinski definition) is 1. The minimum absolute atomic E-state index is 0.0370. The molecule has 0 spiro atoms. The molecule has 2 aromatic rings. The molecule has 1 aliphatic heterocycles. The molecule has 6 heteroatoms. The van der Waals surface area contributed by atoms with Crippen LogP contribution in [0.3, 0.4) is 0 Å². The molecule has 1 aromatic carbocycles. The Morgan fingerprint density at radius 3 is 2.91 bits per heavy atom. The van der Waals surface area contributed by atoms with Gasteiger partial charge in [-0.25, -0.2) is 4.98 Å². The third-order valence-corrected chi connectivity index (χ3v) is 4.60. The van der Waals surface area contributed by atoms with Gasteiger partial charge in [0.15, 0.2) is 0 Å². The Labute approximate surface area is 139 Å². The fourth-order valence-electron chi connectivity index (χ4n) is 2.36. The molecule has 1 aromatic heterocycles. The molecule has 0 aliphatic carbocycles. The SMILES string of the molecule is Cc1ccc(NC(=O)CCN2C(=O)CSc3ccccc32)nc1. The summed E-state index contributed by atoms with van der Waals surface area (Å²) in [7, 11) is 0. The summed E-state index contributed by atoms with van der Waals surface area (Å²) in [4.78, 5) is 31.1. The molecule has 0 atom stereocenters. The highest BCUT2D eigenvalue weighted by molar-refractivity contribution is 8.00. The fraction of sp³-hybridized carbons (Fsp3) is 0.235. The number of benzene rings is 1. The van der Waals surface area contributed by atoms with E-state index in [1.54, 1.807) is 17.2 Å².